The highest BCUT2D eigenvalue weighted by molar-refractivity contribution is 7.15. The van der Waals surface area contributed by atoms with Crippen LogP contribution < -0.4 is 0 Å². The van der Waals surface area contributed by atoms with Crippen molar-refractivity contribution in [3.63, 3.8) is 0 Å². The van der Waals surface area contributed by atoms with Gasteiger partial charge in [-0.1, -0.05) is 26.0 Å². The Morgan fingerprint density at radius 3 is 2.61 bits per heavy atom. The van der Waals surface area contributed by atoms with E-state index in [1.807, 2.05) is 20.1 Å². The number of aromatic carboxylic acids is 1. The maximum atomic E-state index is 12.1. The number of carboxylic acids is 1. The fraction of sp³-hybridized carbons (Fsp3) is 0.385. The zero-order valence-electron chi connectivity index (χ0n) is 18.7. The molecule has 0 unspecified atom stereocenters. The molecule has 0 spiro atoms. The number of aryl methyl sites for hydroxylation is 2. The van der Waals surface area contributed by atoms with Crippen molar-refractivity contribution >= 4 is 29.2 Å². The lowest BCUT2D eigenvalue weighted by atomic mass is 9.95. The SMILES string of the molecule is CC[C@@H](C)c1ccc(N=Cc2cc(C)n(-c3sc4c(c3C(=O)O)CCCC4)c2C)cc1. The second-order valence-corrected chi connectivity index (χ2v) is 9.60. The zero-order chi connectivity index (χ0) is 22.1. The molecule has 162 valence electrons. The van der Waals surface area contributed by atoms with Gasteiger partial charge in [-0.25, -0.2) is 4.79 Å². The molecule has 0 aliphatic heterocycles. The number of carbonyl (C=O) groups is 1. The van der Waals surface area contributed by atoms with Gasteiger partial charge in [0.25, 0.3) is 0 Å². The number of carboxylic acid groups (broad SMARTS) is 1. The van der Waals surface area contributed by atoms with Gasteiger partial charge in [0.1, 0.15) is 5.00 Å². The summed E-state index contributed by atoms with van der Waals surface area (Å²) in [5.74, 6) is -0.268. The van der Waals surface area contributed by atoms with Gasteiger partial charge in [-0.15, -0.1) is 11.3 Å². The summed E-state index contributed by atoms with van der Waals surface area (Å²) in [6.07, 6.45) is 7.09. The standard InChI is InChI=1S/C26H30N2O2S/c1-5-16(2)19-10-12-21(13-11-19)27-15-20-14-17(3)28(18(20)4)25-24(26(29)30)22-8-6-7-9-23(22)31-25/h10-16H,5-9H2,1-4H3,(H,29,30)/t16-/m1/s1. The van der Waals surface area contributed by atoms with Gasteiger partial charge in [0.15, 0.2) is 0 Å². The average Bonchev–Trinajstić information content (AvgIpc) is 3.28. The summed E-state index contributed by atoms with van der Waals surface area (Å²) < 4.78 is 2.10. The molecule has 0 saturated heterocycles. The quantitative estimate of drug-likeness (QED) is 0.425. The fourth-order valence-electron chi connectivity index (χ4n) is 4.43. The molecule has 0 saturated carbocycles. The third kappa shape index (κ3) is 4.11. The molecule has 0 bridgehead atoms. The smallest absolute Gasteiger partial charge is 0.339 e. The number of aliphatic imine (C=N–C) groups is 1. The predicted octanol–water partition coefficient (Wildman–Crippen LogP) is 7.00. The van der Waals surface area contributed by atoms with Crippen molar-refractivity contribution in [2.45, 2.75) is 65.7 Å². The minimum Gasteiger partial charge on any atom is -0.478 e. The number of hydrogen-bond acceptors (Lipinski definition) is 3. The van der Waals surface area contributed by atoms with Crippen molar-refractivity contribution in [2.75, 3.05) is 0 Å². The summed E-state index contributed by atoms with van der Waals surface area (Å²) in [5.41, 5.74) is 6.88. The van der Waals surface area contributed by atoms with Crippen LogP contribution in [-0.2, 0) is 12.8 Å². The van der Waals surface area contributed by atoms with Gasteiger partial charge >= 0.3 is 5.97 Å². The fourth-order valence-corrected chi connectivity index (χ4v) is 5.92. The summed E-state index contributed by atoms with van der Waals surface area (Å²) >= 11 is 1.64. The highest BCUT2D eigenvalue weighted by Gasteiger charge is 2.27. The topological polar surface area (TPSA) is 54.6 Å². The number of nitrogens with zero attached hydrogens (tertiary/aromatic N) is 2. The van der Waals surface area contributed by atoms with Crippen molar-refractivity contribution in [2.24, 2.45) is 4.99 Å². The number of benzene rings is 1. The lowest BCUT2D eigenvalue weighted by Gasteiger charge is -2.11. The van der Waals surface area contributed by atoms with Gasteiger partial charge in [-0.2, -0.15) is 0 Å². The molecule has 2 heterocycles. The summed E-state index contributed by atoms with van der Waals surface area (Å²) in [5, 5.41) is 10.8. The lowest BCUT2D eigenvalue weighted by molar-refractivity contribution is 0.0696. The summed E-state index contributed by atoms with van der Waals surface area (Å²) in [4.78, 5) is 18.1. The first-order chi connectivity index (χ1) is 14.9. The summed E-state index contributed by atoms with van der Waals surface area (Å²) in [7, 11) is 0. The van der Waals surface area contributed by atoms with Crippen molar-refractivity contribution in [1.82, 2.24) is 4.57 Å². The molecule has 1 aromatic carbocycles. The van der Waals surface area contributed by atoms with Crippen LogP contribution in [-0.4, -0.2) is 21.9 Å². The second-order valence-electron chi connectivity index (χ2n) is 8.52. The van der Waals surface area contributed by atoms with Crippen molar-refractivity contribution in [3.05, 3.63) is 68.9 Å². The minimum absolute atomic E-state index is 0.491. The molecule has 2 aromatic heterocycles. The Bertz CT molecular complexity index is 1140. The molecule has 1 atom stereocenters. The minimum atomic E-state index is -0.821. The van der Waals surface area contributed by atoms with E-state index in [-0.39, 0.29) is 0 Å². The maximum Gasteiger partial charge on any atom is 0.339 e. The van der Waals surface area contributed by atoms with Gasteiger partial charge in [-0.3, -0.25) is 4.99 Å². The first kappa shape index (κ1) is 21.6. The van der Waals surface area contributed by atoms with Gasteiger partial charge in [0, 0.05) is 28.0 Å². The molecular formula is C26H30N2O2S. The molecular weight excluding hydrogens is 404 g/mol. The normalized spacial score (nSPS) is 14.7. The Kier molecular flexibility index (Phi) is 6.15. The molecule has 0 radical (unpaired) electrons. The largest absolute Gasteiger partial charge is 0.478 e. The van der Waals surface area contributed by atoms with Crippen molar-refractivity contribution < 1.29 is 9.90 Å². The molecule has 5 heteroatoms. The highest BCUT2D eigenvalue weighted by atomic mass is 32.1. The van der Waals surface area contributed by atoms with Crippen LogP contribution >= 0.6 is 11.3 Å². The highest BCUT2D eigenvalue weighted by Crippen LogP contribution is 2.38. The predicted molar refractivity (Wildman–Crippen MR) is 129 cm³/mol. The number of fused-ring (bicyclic) bond motifs is 1. The first-order valence-electron chi connectivity index (χ1n) is 11.1. The van der Waals surface area contributed by atoms with Gasteiger partial charge in [-0.05, 0) is 81.2 Å². The van der Waals surface area contributed by atoms with E-state index in [4.69, 9.17) is 0 Å². The molecule has 4 nitrogen and oxygen atoms in total. The molecule has 0 amide bonds. The number of aromatic nitrogens is 1. The molecule has 1 aliphatic rings. The van der Waals surface area contributed by atoms with E-state index in [0.29, 0.717) is 11.5 Å². The third-order valence-corrected chi connectivity index (χ3v) is 7.74. The average molecular weight is 435 g/mol. The zero-order valence-corrected chi connectivity index (χ0v) is 19.6. The van der Waals surface area contributed by atoms with E-state index in [0.717, 1.165) is 65.3 Å². The monoisotopic (exact) mass is 434 g/mol. The number of thiophene rings is 1. The second kappa shape index (κ2) is 8.83. The van der Waals surface area contributed by atoms with E-state index >= 15 is 0 Å². The third-order valence-electron chi connectivity index (χ3n) is 6.47. The molecule has 3 aromatic rings. The Hall–Kier alpha value is -2.66. The molecule has 0 fully saturated rings. The number of hydrogen-bond donors (Lipinski definition) is 1. The molecule has 4 rings (SSSR count). The van der Waals surface area contributed by atoms with Crippen LogP contribution in [0.1, 0.15) is 82.3 Å². The number of rotatable bonds is 6. The Morgan fingerprint density at radius 1 is 1.23 bits per heavy atom. The summed E-state index contributed by atoms with van der Waals surface area (Å²) in [6, 6.07) is 10.5. The van der Waals surface area contributed by atoms with Crippen molar-refractivity contribution in [3.8, 4) is 5.00 Å². The van der Waals surface area contributed by atoms with E-state index < -0.39 is 5.97 Å². The molecule has 1 N–H and O–H groups in total. The maximum absolute atomic E-state index is 12.1. The first-order valence-corrected chi connectivity index (χ1v) is 11.9. The van der Waals surface area contributed by atoms with Gasteiger partial charge in [0.2, 0.25) is 0 Å². The van der Waals surface area contributed by atoms with Crippen LogP contribution in [0.25, 0.3) is 5.00 Å². The van der Waals surface area contributed by atoms with Crippen LogP contribution in [0.4, 0.5) is 5.69 Å². The van der Waals surface area contributed by atoms with E-state index in [1.165, 1.54) is 10.4 Å². The van der Waals surface area contributed by atoms with Gasteiger partial charge in [0.05, 0.1) is 11.3 Å². The van der Waals surface area contributed by atoms with Crippen molar-refractivity contribution in [1.29, 1.82) is 0 Å². The lowest BCUT2D eigenvalue weighted by Crippen LogP contribution is -2.09. The van der Waals surface area contributed by atoms with Crippen LogP contribution in [0.5, 0.6) is 0 Å². The van der Waals surface area contributed by atoms with Gasteiger partial charge < -0.3 is 9.67 Å². The Labute approximate surface area is 188 Å². The molecule has 1 aliphatic carbocycles. The van der Waals surface area contributed by atoms with Crippen LogP contribution in [0, 0.1) is 13.8 Å². The van der Waals surface area contributed by atoms with Crippen LogP contribution in [0.15, 0.2) is 35.3 Å². The Balaban J connectivity index is 1.68. The molecule has 31 heavy (non-hydrogen) atoms. The van der Waals surface area contributed by atoms with E-state index in [2.05, 4.69) is 53.7 Å². The van der Waals surface area contributed by atoms with Crippen LogP contribution in [0.2, 0.25) is 0 Å². The Morgan fingerprint density at radius 2 is 1.94 bits per heavy atom. The summed E-state index contributed by atoms with van der Waals surface area (Å²) in [6.45, 7) is 8.52. The van der Waals surface area contributed by atoms with E-state index in [9.17, 15) is 9.90 Å². The van der Waals surface area contributed by atoms with Crippen LogP contribution in [0.3, 0.4) is 0 Å². The van der Waals surface area contributed by atoms with E-state index in [1.54, 1.807) is 11.3 Å².